The van der Waals surface area contributed by atoms with E-state index in [9.17, 15) is 14.4 Å². The summed E-state index contributed by atoms with van der Waals surface area (Å²) in [5.41, 5.74) is 20.2. The number of aryl methyl sites for hydroxylation is 2. The van der Waals surface area contributed by atoms with Gasteiger partial charge in [0.05, 0.1) is 22.1 Å². The minimum absolute atomic E-state index is 0.00862. The van der Waals surface area contributed by atoms with Crippen LogP contribution in [0.1, 0.15) is 58.3 Å². The van der Waals surface area contributed by atoms with Crippen molar-refractivity contribution in [1.29, 1.82) is 10.8 Å². The summed E-state index contributed by atoms with van der Waals surface area (Å²) >= 11 is 0. The Kier molecular flexibility index (Phi) is 8.87. The Morgan fingerprint density at radius 3 is 1.73 bits per heavy atom. The minimum Gasteiger partial charge on any atom is -0.384 e. The van der Waals surface area contributed by atoms with Crippen LogP contribution in [0.3, 0.4) is 0 Å². The lowest BCUT2D eigenvalue weighted by Gasteiger charge is -2.31. The number of imidazole rings is 2. The summed E-state index contributed by atoms with van der Waals surface area (Å²) in [4.78, 5) is 60.7. The summed E-state index contributed by atoms with van der Waals surface area (Å²) in [6.45, 7) is 4.70. The third kappa shape index (κ3) is 6.56. The topological polar surface area (TPSA) is 227 Å². The highest BCUT2D eigenvalue weighted by molar-refractivity contribution is 6.02. The van der Waals surface area contributed by atoms with Crippen LogP contribution in [0.15, 0.2) is 72.8 Å². The van der Waals surface area contributed by atoms with Gasteiger partial charge in [-0.1, -0.05) is 12.1 Å². The molecule has 8 rings (SSSR count). The van der Waals surface area contributed by atoms with Crippen molar-refractivity contribution in [2.24, 2.45) is 11.5 Å². The first kappa shape index (κ1) is 35.2. The van der Waals surface area contributed by atoms with E-state index in [4.69, 9.17) is 22.3 Å². The summed E-state index contributed by atoms with van der Waals surface area (Å²) in [5, 5.41) is 18.6. The molecule has 9 N–H and O–H groups in total. The smallest absolute Gasteiger partial charge is 0.254 e. The third-order valence-electron chi connectivity index (χ3n) is 10.7. The first-order valence-corrected chi connectivity index (χ1v) is 18.3. The van der Waals surface area contributed by atoms with Gasteiger partial charge >= 0.3 is 0 Å². The van der Waals surface area contributed by atoms with Gasteiger partial charge in [0.25, 0.3) is 5.91 Å². The molecule has 3 amide bonds. The lowest BCUT2D eigenvalue weighted by molar-refractivity contribution is -0.139. The van der Waals surface area contributed by atoms with Crippen molar-refractivity contribution in [3.8, 4) is 22.8 Å². The predicted molar refractivity (Wildman–Crippen MR) is 212 cm³/mol. The monoisotopic (exact) mass is 735 g/mol. The Hall–Kier alpha value is -6.83. The highest BCUT2D eigenvalue weighted by Crippen LogP contribution is 2.30. The highest BCUT2D eigenvalue weighted by atomic mass is 16.2. The van der Waals surface area contributed by atoms with E-state index in [1.165, 1.54) is 0 Å². The number of amidine groups is 2. The fourth-order valence-electron chi connectivity index (χ4n) is 7.82. The Bertz CT molecular complexity index is 2540. The quantitative estimate of drug-likeness (QED) is 0.0817. The molecule has 0 saturated carbocycles. The Morgan fingerprint density at radius 1 is 0.709 bits per heavy atom. The Morgan fingerprint density at radius 2 is 1.20 bits per heavy atom. The summed E-state index contributed by atoms with van der Waals surface area (Å²) in [7, 11) is 0. The van der Waals surface area contributed by atoms with Gasteiger partial charge in [-0.15, -0.1) is 0 Å². The van der Waals surface area contributed by atoms with Gasteiger partial charge in [0, 0.05) is 46.6 Å². The van der Waals surface area contributed by atoms with E-state index in [-0.39, 0.29) is 29.4 Å². The molecular weight excluding hydrogens is 695 g/mol. The number of amides is 3. The summed E-state index contributed by atoms with van der Waals surface area (Å²) in [5.74, 6) is 0.561. The SMILES string of the molecule is Cc1cc2[nH]c(-c3ccc(NC(=O)[C@@H]4CCCN4C(=O)[C@@H]4CCCN4C(=O)c4ccc(-c5nc6cc(C(=N)N)c(C)cc6[nH]5)cc4)cc3)nc2cc1C(=N)N. The number of benzene rings is 4. The first-order valence-electron chi connectivity index (χ1n) is 18.3. The van der Waals surface area contributed by atoms with Crippen LogP contribution < -0.4 is 16.8 Å². The number of rotatable bonds is 8. The maximum atomic E-state index is 14.0. The normalized spacial score (nSPS) is 16.9. The number of fused-ring (bicyclic) bond motifs is 2. The molecule has 0 aliphatic carbocycles. The van der Waals surface area contributed by atoms with E-state index in [0.717, 1.165) is 33.3 Å². The number of nitrogens with one attached hydrogen (secondary N) is 5. The average Bonchev–Trinajstić information content (AvgIpc) is 4.00. The molecule has 2 aliphatic heterocycles. The molecule has 278 valence electrons. The number of hydrogen-bond donors (Lipinski definition) is 7. The molecule has 2 fully saturated rings. The molecule has 4 aromatic carbocycles. The Labute approximate surface area is 316 Å². The fraction of sp³-hybridized carbons (Fsp3) is 0.244. The molecule has 0 unspecified atom stereocenters. The largest absolute Gasteiger partial charge is 0.384 e. The number of nitrogens with two attached hydrogens (primary N) is 2. The highest BCUT2D eigenvalue weighted by Gasteiger charge is 2.42. The van der Waals surface area contributed by atoms with Gasteiger partial charge in [0.2, 0.25) is 11.8 Å². The Balaban J connectivity index is 0.923. The van der Waals surface area contributed by atoms with Gasteiger partial charge in [-0.3, -0.25) is 25.2 Å². The molecule has 2 aromatic heterocycles. The molecule has 2 aliphatic rings. The number of carbonyl (C=O) groups excluding carboxylic acids is 3. The minimum atomic E-state index is -0.645. The molecule has 14 nitrogen and oxygen atoms in total. The van der Waals surface area contributed by atoms with E-state index < -0.39 is 12.1 Å². The van der Waals surface area contributed by atoms with Crippen LogP contribution in [0.25, 0.3) is 44.8 Å². The maximum absolute atomic E-state index is 14.0. The van der Waals surface area contributed by atoms with Crippen molar-refractivity contribution >= 4 is 57.1 Å². The van der Waals surface area contributed by atoms with Crippen molar-refractivity contribution in [2.45, 2.75) is 51.6 Å². The van der Waals surface area contributed by atoms with Crippen LogP contribution in [-0.2, 0) is 9.59 Å². The zero-order chi connectivity index (χ0) is 38.5. The maximum Gasteiger partial charge on any atom is 0.254 e. The zero-order valence-corrected chi connectivity index (χ0v) is 30.5. The van der Waals surface area contributed by atoms with Crippen LogP contribution in [0, 0.1) is 24.7 Å². The lowest BCUT2D eigenvalue weighted by Crippen LogP contribution is -2.51. The summed E-state index contributed by atoms with van der Waals surface area (Å²) < 4.78 is 0. The molecule has 0 radical (unpaired) electrons. The van der Waals surface area contributed by atoms with Gasteiger partial charge in [-0.05, 0) is 111 Å². The van der Waals surface area contributed by atoms with Crippen molar-refractivity contribution < 1.29 is 14.4 Å². The number of aromatic nitrogens is 4. The number of likely N-dealkylation sites (tertiary alicyclic amines) is 2. The number of nitrogens with zero attached hydrogens (tertiary/aromatic N) is 4. The van der Waals surface area contributed by atoms with Crippen molar-refractivity contribution in [3.05, 3.63) is 101 Å². The van der Waals surface area contributed by atoms with Gasteiger partial charge in [0.15, 0.2) is 0 Å². The second-order valence-corrected chi connectivity index (χ2v) is 14.4. The first-order chi connectivity index (χ1) is 26.4. The second kappa shape index (κ2) is 13.9. The molecule has 2 saturated heterocycles. The number of anilines is 1. The van der Waals surface area contributed by atoms with E-state index in [2.05, 4.69) is 25.3 Å². The van der Waals surface area contributed by atoms with Crippen LogP contribution >= 0.6 is 0 Å². The van der Waals surface area contributed by atoms with Crippen LogP contribution in [-0.4, -0.2) is 84.3 Å². The third-order valence-corrected chi connectivity index (χ3v) is 10.7. The van der Waals surface area contributed by atoms with E-state index >= 15 is 0 Å². The van der Waals surface area contributed by atoms with Crippen LogP contribution in [0.2, 0.25) is 0 Å². The van der Waals surface area contributed by atoms with Crippen LogP contribution in [0.5, 0.6) is 0 Å². The molecule has 14 heteroatoms. The molecule has 4 heterocycles. The lowest BCUT2D eigenvalue weighted by atomic mass is 10.1. The zero-order valence-electron chi connectivity index (χ0n) is 30.5. The summed E-state index contributed by atoms with van der Waals surface area (Å²) in [6, 6.07) is 20.6. The number of carbonyl (C=O) groups is 3. The number of H-pyrrole nitrogens is 2. The predicted octanol–water partition coefficient (Wildman–Crippen LogP) is 5.19. The van der Waals surface area contributed by atoms with Gasteiger partial charge in [-0.2, -0.15) is 0 Å². The van der Waals surface area contributed by atoms with E-state index in [1.807, 2.05) is 50.2 Å². The van der Waals surface area contributed by atoms with Crippen molar-refractivity contribution in [3.63, 3.8) is 0 Å². The van der Waals surface area contributed by atoms with Gasteiger partial charge in [-0.25, -0.2) is 9.97 Å². The van der Waals surface area contributed by atoms with Crippen LogP contribution in [0.4, 0.5) is 5.69 Å². The summed E-state index contributed by atoms with van der Waals surface area (Å²) in [6.07, 6.45) is 2.46. The average molecular weight is 736 g/mol. The molecule has 2 atom stereocenters. The molecule has 0 bridgehead atoms. The number of hydrogen-bond acceptors (Lipinski definition) is 7. The standard InChI is InChI=1S/C41H41N11O3/c1-21-17-29-31(19-27(21)35(42)43)49-37(47-29)23-7-9-25(10-8-23)40(54)52-16-4-6-34(52)41(55)51-15-3-5-33(51)39(53)46-26-13-11-24(12-14-26)38-48-30-18-22(2)28(36(44)45)20-32(30)50-38/h7-14,17-20,33-34H,3-6,15-16H2,1-2H3,(H3,42,43)(H3,44,45)(H,46,53)(H,47,49)(H,48,50)/t33-,34-/m0/s1. The molecule has 0 spiro atoms. The van der Waals surface area contributed by atoms with E-state index in [0.29, 0.717) is 83.8 Å². The van der Waals surface area contributed by atoms with Gasteiger partial charge < -0.3 is 36.6 Å². The molecule has 6 aromatic rings. The second-order valence-electron chi connectivity index (χ2n) is 14.4. The van der Waals surface area contributed by atoms with Crippen molar-refractivity contribution in [1.82, 2.24) is 29.7 Å². The number of nitrogen functional groups attached to an aromatic ring is 2. The molecular formula is C41H41N11O3. The van der Waals surface area contributed by atoms with Gasteiger partial charge in [0.1, 0.15) is 35.4 Å². The fourth-order valence-corrected chi connectivity index (χ4v) is 7.82. The van der Waals surface area contributed by atoms with E-state index in [1.54, 1.807) is 46.2 Å². The molecule has 55 heavy (non-hydrogen) atoms. The van der Waals surface area contributed by atoms with Crippen molar-refractivity contribution in [2.75, 3.05) is 18.4 Å². The number of aromatic amines is 2.